The van der Waals surface area contributed by atoms with Crippen molar-refractivity contribution in [2.45, 2.75) is 5.92 Å². The molecule has 0 aliphatic carbocycles. The maximum absolute atomic E-state index is 4.31. The topological polar surface area (TPSA) is 12.9 Å². The first-order chi connectivity index (χ1) is 6.92. The number of rotatable bonds is 3. The van der Waals surface area contributed by atoms with E-state index in [4.69, 9.17) is 0 Å². The Balaban J connectivity index is 0.00000112. The molecule has 0 radical (unpaired) electrons. The fourth-order valence-corrected chi connectivity index (χ4v) is 2.19. The van der Waals surface area contributed by atoms with Crippen LogP contribution in [0.15, 0.2) is 54.6 Å². The highest BCUT2D eigenvalue weighted by molar-refractivity contribution is 7.09. The second-order valence-corrected chi connectivity index (χ2v) is 3.92. The molecule has 15 heavy (non-hydrogen) atoms. The standard InChI is InChI=1S/C12H11NS.ClH/c1-2-11(12-13-8-9-14-12)10-6-4-3-5-7-10;/h2-9,11H,1H2;1H. The van der Waals surface area contributed by atoms with E-state index in [9.17, 15) is 0 Å². The summed E-state index contributed by atoms with van der Waals surface area (Å²) in [6.07, 6.45) is 3.77. The molecule has 3 heteroatoms. The summed E-state index contributed by atoms with van der Waals surface area (Å²) in [5.41, 5.74) is 1.25. The summed E-state index contributed by atoms with van der Waals surface area (Å²) in [7, 11) is 0. The zero-order valence-corrected chi connectivity index (χ0v) is 9.80. The predicted octanol–water partition coefficient (Wildman–Crippen LogP) is 3.88. The van der Waals surface area contributed by atoms with Gasteiger partial charge in [0.2, 0.25) is 0 Å². The number of aromatic nitrogens is 1. The Morgan fingerprint density at radius 1 is 1.27 bits per heavy atom. The van der Waals surface area contributed by atoms with Gasteiger partial charge in [-0.2, -0.15) is 0 Å². The van der Waals surface area contributed by atoms with Gasteiger partial charge in [-0.25, -0.2) is 4.98 Å². The highest BCUT2D eigenvalue weighted by atomic mass is 35.5. The van der Waals surface area contributed by atoms with Crippen molar-refractivity contribution in [3.63, 3.8) is 0 Å². The molecule has 0 saturated heterocycles. The average Bonchev–Trinajstić information content (AvgIpc) is 2.74. The second kappa shape index (κ2) is 5.69. The zero-order chi connectivity index (χ0) is 9.80. The summed E-state index contributed by atoms with van der Waals surface area (Å²) < 4.78 is 0. The Bertz CT molecular complexity index is 397. The van der Waals surface area contributed by atoms with E-state index >= 15 is 0 Å². The van der Waals surface area contributed by atoms with Crippen molar-refractivity contribution in [1.29, 1.82) is 0 Å². The maximum atomic E-state index is 4.31. The number of benzene rings is 1. The Morgan fingerprint density at radius 3 is 2.53 bits per heavy atom. The molecule has 2 rings (SSSR count). The van der Waals surface area contributed by atoms with Gasteiger partial charge in [-0.15, -0.1) is 30.3 Å². The van der Waals surface area contributed by atoms with Crippen LogP contribution in [0.25, 0.3) is 0 Å². The fraction of sp³-hybridized carbons (Fsp3) is 0.0833. The highest BCUT2D eigenvalue weighted by Gasteiger charge is 2.11. The van der Waals surface area contributed by atoms with Crippen molar-refractivity contribution in [2.75, 3.05) is 0 Å². The minimum absolute atomic E-state index is 0. The number of hydrogen-bond donors (Lipinski definition) is 0. The van der Waals surface area contributed by atoms with Gasteiger partial charge in [0.05, 0.1) is 5.92 Å². The van der Waals surface area contributed by atoms with Gasteiger partial charge >= 0.3 is 0 Å². The number of thiazole rings is 1. The van der Waals surface area contributed by atoms with Gasteiger partial charge in [-0.05, 0) is 5.56 Å². The van der Waals surface area contributed by atoms with Gasteiger partial charge in [0, 0.05) is 11.6 Å². The van der Waals surface area contributed by atoms with Gasteiger partial charge in [0.25, 0.3) is 0 Å². The van der Waals surface area contributed by atoms with Gasteiger partial charge in [-0.3, -0.25) is 0 Å². The molecule has 1 atom stereocenters. The van der Waals surface area contributed by atoms with Crippen LogP contribution in [0.4, 0.5) is 0 Å². The fourth-order valence-electron chi connectivity index (χ4n) is 1.43. The highest BCUT2D eigenvalue weighted by Crippen LogP contribution is 2.26. The molecule has 0 saturated carbocycles. The third-order valence-electron chi connectivity index (χ3n) is 2.11. The van der Waals surface area contributed by atoms with Crippen molar-refractivity contribution < 1.29 is 0 Å². The molecule has 1 nitrogen and oxygen atoms in total. The quantitative estimate of drug-likeness (QED) is 0.739. The first kappa shape index (κ1) is 12.0. The normalized spacial score (nSPS) is 11.5. The molecule has 1 unspecified atom stereocenters. The molecule has 0 bridgehead atoms. The van der Waals surface area contributed by atoms with Crippen LogP contribution in [-0.4, -0.2) is 4.98 Å². The summed E-state index contributed by atoms with van der Waals surface area (Å²) in [5, 5.41) is 3.10. The van der Waals surface area contributed by atoms with Crippen LogP contribution in [0.2, 0.25) is 0 Å². The lowest BCUT2D eigenvalue weighted by Gasteiger charge is -2.08. The molecule has 1 aromatic heterocycles. The zero-order valence-electron chi connectivity index (χ0n) is 8.17. The average molecular weight is 238 g/mol. The van der Waals surface area contributed by atoms with Crippen LogP contribution < -0.4 is 0 Å². The number of hydrogen-bond acceptors (Lipinski definition) is 2. The van der Waals surface area contributed by atoms with E-state index in [2.05, 4.69) is 23.7 Å². The number of halogens is 1. The Kier molecular flexibility index (Phi) is 4.53. The molecular formula is C12H12ClNS. The summed E-state index contributed by atoms with van der Waals surface area (Å²) in [4.78, 5) is 4.31. The van der Waals surface area contributed by atoms with Crippen LogP contribution in [0.5, 0.6) is 0 Å². The van der Waals surface area contributed by atoms with E-state index in [1.807, 2.05) is 35.9 Å². The smallest absolute Gasteiger partial charge is 0.104 e. The van der Waals surface area contributed by atoms with Gasteiger partial charge in [0.1, 0.15) is 5.01 Å². The van der Waals surface area contributed by atoms with Crippen LogP contribution >= 0.6 is 23.7 Å². The second-order valence-electron chi connectivity index (χ2n) is 2.99. The van der Waals surface area contributed by atoms with Crippen molar-refractivity contribution in [1.82, 2.24) is 4.98 Å². The van der Waals surface area contributed by atoms with Crippen LogP contribution in [0.3, 0.4) is 0 Å². The molecule has 0 aliphatic heterocycles. The van der Waals surface area contributed by atoms with Crippen LogP contribution in [-0.2, 0) is 0 Å². The Labute approximate surface area is 99.9 Å². The monoisotopic (exact) mass is 237 g/mol. The van der Waals surface area contributed by atoms with E-state index in [0.717, 1.165) is 5.01 Å². The van der Waals surface area contributed by atoms with Crippen molar-refractivity contribution >= 4 is 23.7 Å². The minimum atomic E-state index is 0. The number of nitrogens with zero attached hydrogens (tertiary/aromatic N) is 1. The first-order valence-electron chi connectivity index (χ1n) is 4.48. The molecule has 1 aromatic carbocycles. The van der Waals surface area contributed by atoms with Crippen molar-refractivity contribution in [3.8, 4) is 0 Å². The lowest BCUT2D eigenvalue weighted by molar-refractivity contribution is 1.00. The molecule has 0 spiro atoms. The van der Waals surface area contributed by atoms with E-state index in [1.54, 1.807) is 11.3 Å². The molecule has 78 valence electrons. The summed E-state index contributed by atoms with van der Waals surface area (Å²) in [6, 6.07) is 10.3. The summed E-state index contributed by atoms with van der Waals surface area (Å²) >= 11 is 1.67. The molecule has 2 aromatic rings. The molecule has 0 amide bonds. The molecule has 0 aliphatic rings. The minimum Gasteiger partial charge on any atom is -0.249 e. The Morgan fingerprint density at radius 2 is 2.00 bits per heavy atom. The van der Waals surface area contributed by atoms with Crippen molar-refractivity contribution in [3.05, 3.63) is 65.1 Å². The van der Waals surface area contributed by atoms with E-state index in [0.29, 0.717) is 0 Å². The van der Waals surface area contributed by atoms with Gasteiger partial charge < -0.3 is 0 Å². The molecule has 0 fully saturated rings. The van der Waals surface area contributed by atoms with Gasteiger partial charge in [-0.1, -0.05) is 36.4 Å². The lowest BCUT2D eigenvalue weighted by Crippen LogP contribution is -1.95. The van der Waals surface area contributed by atoms with E-state index < -0.39 is 0 Å². The van der Waals surface area contributed by atoms with E-state index in [-0.39, 0.29) is 18.3 Å². The molecular weight excluding hydrogens is 226 g/mol. The predicted molar refractivity (Wildman–Crippen MR) is 67.8 cm³/mol. The van der Waals surface area contributed by atoms with Crippen LogP contribution in [0.1, 0.15) is 16.5 Å². The van der Waals surface area contributed by atoms with Gasteiger partial charge in [0.15, 0.2) is 0 Å². The SMILES string of the molecule is C=CC(c1ccccc1)c1nccs1.Cl. The first-order valence-corrected chi connectivity index (χ1v) is 5.36. The third-order valence-corrected chi connectivity index (χ3v) is 2.97. The Hall–Kier alpha value is -1.12. The maximum Gasteiger partial charge on any atom is 0.104 e. The third kappa shape index (κ3) is 2.67. The van der Waals surface area contributed by atoms with E-state index in [1.165, 1.54) is 5.56 Å². The van der Waals surface area contributed by atoms with Crippen molar-refractivity contribution in [2.24, 2.45) is 0 Å². The molecule has 1 heterocycles. The lowest BCUT2D eigenvalue weighted by atomic mass is 10.0. The summed E-state index contributed by atoms with van der Waals surface area (Å²) in [5.74, 6) is 0.233. The number of allylic oxidation sites excluding steroid dienone is 1. The summed E-state index contributed by atoms with van der Waals surface area (Å²) in [6.45, 7) is 3.86. The van der Waals surface area contributed by atoms with Crippen LogP contribution in [0, 0.1) is 0 Å². The largest absolute Gasteiger partial charge is 0.249 e. The molecule has 0 N–H and O–H groups in total.